The highest BCUT2D eigenvalue weighted by Crippen LogP contribution is 2.21. The first kappa shape index (κ1) is 21.1. The molecule has 156 valence electrons. The van der Waals surface area contributed by atoms with Crippen LogP contribution in [0.3, 0.4) is 0 Å². The van der Waals surface area contributed by atoms with Gasteiger partial charge in [-0.15, -0.1) is 0 Å². The molecule has 0 atom stereocenters. The zero-order valence-electron chi connectivity index (χ0n) is 17.1. The molecule has 0 saturated carbocycles. The van der Waals surface area contributed by atoms with Crippen LogP contribution in [0.2, 0.25) is 0 Å². The van der Waals surface area contributed by atoms with Crippen LogP contribution in [0.1, 0.15) is 34.6 Å². The summed E-state index contributed by atoms with van der Waals surface area (Å²) in [5.74, 6) is 0.608. The number of aryl methyl sites for hydroxylation is 2. The number of benzene rings is 2. The lowest BCUT2D eigenvalue weighted by Crippen LogP contribution is -2.43. The fourth-order valence-electron chi connectivity index (χ4n) is 3.09. The van der Waals surface area contributed by atoms with Crippen LogP contribution in [0.5, 0.6) is 5.75 Å². The zero-order chi connectivity index (χ0) is 21.3. The molecule has 1 aromatic heterocycles. The third kappa shape index (κ3) is 5.94. The highest BCUT2D eigenvalue weighted by molar-refractivity contribution is 5.82. The monoisotopic (exact) mass is 407 g/mol. The van der Waals surface area contributed by atoms with Crippen molar-refractivity contribution in [1.29, 1.82) is 0 Å². The number of hydrazine groups is 1. The van der Waals surface area contributed by atoms with E-state index < -0.39 is 5.91 Å². The van der Waals surface area contributed by atoms with Crippen molar-refractivity contribution in [2.75, 3.05) is 6.61 Å². The van der Waals surface area contributed by atoms with Crippen LogP contribution in [0.4, 0.5) is 0 Å². The van der Waals surface area contributed by atoms with E-state index in [4.69, 9.17) is 9.26 Å². The van der Waals surface area contributed by atoms with Gasteiger partial charge in [-0.25, -0.2) is 0 Å². The van der Waals surface area contributed by atoms with Gasteiger partial charge in [0, 0.05) is 18.4 Å². The molecule has 7 heteroatoms. The Kier molecular flexibility index (Phi) is 7.21. The van der Waals surface area contributed by atoms with Crippen molar-refractivity contribution < 1.29 is 18.8 Å². The number of aromatic nitrogens is 1. The number of carbonyl (C=O) groups excluding carboxylic acids is 2. The summed E-state index contributed by atoms with van der Waals surface area (Å²) in [6.07, 6.45) is 1.41. The topological polar surface area (TPSA) is 93.5 Å². The summed E-state index contributed by atoms with van der Waals surface area (Å²) in [4.78, 5) is 24.0. The SMILES string of the molecule is Cc1noc(C)c1CCC(=O)NNC(=O)COc1ccccc1Cc1ccccc1. The average Bonchev–Trinajstić information content (AvgIpc) is 3.08. The predicted molar refractivity (Wildman–Crippen MR) is 112 cm³/mol. The summed E-state index contributed by atoms with van der Waals surface area (Å²) in [6.45, 7) is 3.44. The number of rotatable bonds is 8. The Balaban J connectivity index is 1.44. The predicted octanol–water partition coefficient (Wildman–Crippen LogP) is 3.04. The van der Waals surface area contributed by atoms with Gasteiger partial charge in [0.25, 0.3) is 5.91 Å². The van der Waals surface area contributed by atoms with Gasteiger partial charge in [-0.1, -0.05) is 53.7 Å². The van der Waals surface area contributed by atoms with Crippen molar-refractivity contribution in [3.05, 3.63) is 82.7 Å². The molecule has 0 radical (unpaired) electrons. The Morgan fingerprint density at radius 1 is 0.967 bits per heavy atom. The zero-order valence-corrected chi connectivity index (χ0v) is 17.1. The van der Waals surface area contributed by atoms with E-state index in [1.54, 1.807) is 0 Å². The number of hydrogen-bond donors (Lipinski definition) is 2. The first-order valence-electron chi connectivity index (χ1n) is 9.77. The standard InChI is InChI=1S/C23H25N3O4/c1-16-20(17(2)30-26-16)12-13-22(27)24-25-23(28)15-29-21-11-7-6-10-19(21)14-18-8-4-3-5-9-18/h3-11H,12-15H2,1-2H3,(H,24,27)(H,25,28). The summed E-state index contributed by atoms with van der Waals surface area (Å²) in [7, 11) is 0. The summed E-state index contributed by atoms with van der Waals surface area (Å²) in [5.41, 5.74) is 8.61. The summed E-state index contributed by atoms with van der Waals surface area (Å²) >= 11 is 0. The van der Waals surface area contributed by atoms with E-state index in [2.05, 4.69) is 16.0 Å². The Labute approximate surface area is 175 Å². The maximum atomic E-state index is 12.1. The molecular formula is C23H25N3O4. The van der Waals surface area contributed by atoms with Gasteiger partial charge in [-0.05, 0) is 37.5 Å². The van der Waals surface area contributed by atoms with Crippen molar-refractivity contribution >= 4 is 11.8 Å². The van der Waals surface area contributed by atoms with Crippen LogP contribution < -0.4 is 15.6 Å². The third-order valence-corrected chi connectivity index (χ3v) is 4.69. The van der Waals surface area contributed by atoms with E-state index in [1.807, 2.05) is 68.4 Å². The van der Waals surface area contributed by atoms with Crippen molar-refractivity contribution in [1.82, 2.24) is 16.0 Å². The van der Waals surface area contributed by atoms with Crippen LogP contribution in [-0.2, 0) is 22.4 Å². The molecule has 0 aliphatic rings. The van der Waals surface area contributed by atoms with Crippen LogP contribution in [0.15, 0.2) is 59.1 Å². The minimum atomic E-state index is -0.435. The summed E-state index contributed by atoms with van der Waals surface area (Å²) < 4.78 is 10.7. The first-order chi connectivity index (χ1) is 14.5. The van der Waals surface area contributed by atoms with Crippen LogP contribution in [-0.4, -0.2) is 23.6 Å². The number of nitrogens with one attached hydrogen (secondary N) is 2. The van der Waals surface area contributed by atoms with Gasteiger partial charge in [-0.2, -0.15) is 0 Å². The quantitative estimate of drug-likeness (QED) is 0.560. The Bertz CT molecular complexity index is 979. The lowest BCUT2D eigenvalue weighted by Gasteiger charge is -2.12. The Morgan fingerprint density at radius 3 is 2.40 bits per heavy atom. The van der Waals surface area contributed by atoms with Crippen molar-refractivity contribution in [2.24, 2.45) is 0 Å². The van der Waals surface area contributed by atoms with Gasteiger partial charge in [0.2, 0.25) is 5.91 Å². The van der Waals surface area contributed by atoms with E-state index in [1.165, 1.54) is 0 Å². The van der Waals surface area contributed by atoms with Crippen LogP contribution in [0, 0.1) is 13.8 Å². The molecule has 30 heavy (non-hydrogen) atoms. The smallest absolute Gasteiger partial charge is 0.276 e. The summed E-state index contributed by atoms with van der Waals surface area (Å²) in [6, 6.07) is 17.6. The molecule has 0 saturated heterocycles. The van der Waals surface area contributed by atoms with Gasteiger partial charge in [-0.3, -0.25) is 20.4 Å². The molecular weight excluding hydrogens is 382 g/mol. The highest BCUT2D eigenvalue weighted by Gasteiger charge is 2.12. The first-order valence-corrected chi connectivity index (χ1v) is 9.77. The van der Waals surface area contributed by atoms with Gasteiger partial charge in [0.1, 0.15) is 11.5 Å². The number of amides is 2. The van der Waals surface area contributed by atoms with E-state index in [0.29, 0.717) is 24.4 Å². The summed E-state index contributed by atoms with van der Waals surface area (Å²) in [5, 5.41) is 3.86. The third-order valence-electron chi connectivity index (χ3n) is 4.69. The molecule has 1 heterocycles. The van der Waals surface area contributed by atoms with Gasteiger partial charge < -0.3 is 9.26 Å². The van der Waals surface area contributed by atoms with E-state index in [0.717, 1.165) is 22.4 Å². The number of carbonyl (C=O) groups is 2. The molecule has 0 fully saturated rings. The van der Waals surface area contributed by atoms with E-state index in [-0.39, 0.29) is 18.9 Å². The van der Waals surface area contributed by atoms with E-state index >= 15 is 0 Å². The minimum absolute atomic E-state index is 0.198. The Hall–Kier alpha value is -3.61. The largest absolute Gasteiger partial charge is 0.483 e. The fourth-order valence-corrected chi connectivity index (χ4v) is 3.09. The number of hydrogen-bond acceptors (Lipinski definition) is 5. The highest BCUT2D eigenvalue weighted by atomic mass is 16.5. The van der Waals surface area contributed by atoms with Crippen molar-refractivity contribution in [3.63, 3.8) is 0 Å². The average molecular weight is 407 g/mol. The molecule has 2 amide bonds. The Morgan fingerprint density at radius 2 is 1.67 bits per heavy atom. The van der Waals surface area contributed by atoms with Gasteiger partial charge >= 0.3 is 0 Å². The molecule has 0 aliphatic heterocycles. The molecule has 3 rings (SSSR count). The molecule has 3 aromatic rings. The van der Waals surface area contributed by atoms with Crippen molar-refractivity contribution in [3.8, 4) is 5.75 Å². The molecule has 7 nitrogen and oxygen atoms in total. The fraction of sp³-hybridized carbons (Fsp3) is 0.261. The van der Waals surface area contributed by atoms with Crippen LogP contribution >= 0.6 is 0 Å². The molecule has 0 aliphatic carbocycles. The van der Waals surface area contributed by atoms with Gasteiger partial charge in [0.15, 0.2) is 6.61 Å². The van der Waals surface area contributed by atoms with Crippen molar-refractivity contribution in [2.45, 2.75) is 33.1 Å². The molecule has 0 bridgehead atoms. The van der Waals surface area contributed by atoms with Gasteiger partial charge in [0.05, 0.1) is 5.69 Å². The van der Waals surface area contributed by atoms with Crippen LogP contribution in [0.25, 0.3) is 0 Å². The number of nitrogens with zero attached hydrogens (tertiary/aromatic N) is 1. The molecule has 0 unspecified atom stereocenters. The maximum Gasteiger partial charge on any atom is 0.276 e. The lowest BCUT2D eigenvalue weighted by atomic mass is 10.0. The molecule has 2 aromatic carbocycles. The number of para-hydroxylation sites is 1. The maximum absolute atomic E-state index is 12.1. The minimum Gasteiger partial charge on any atom is -0.483 e. The van der Waals surface area contributed by atoms with E-state index in [9.17, 15) is 9.59 Å². The second-order valence-electron chi connectivity index (χ2n) is 6.96. The number of ether oxygens (including phenoxy) is 1. The second kappa shape index (κ2) is 10.2. The normalized spacial score (nSPS) is 10.5. The molecule has 0 spiro atoms. The molecule has 2 N–H and O–H groups in total. The lowest BCUT2D eigenvalue weighted by molar-refractivity contribution is -0.130. The second-order valence-corrected chi connectivity index (χ2v) is 6.96.